The van der Waals surface area contributed by atoms with Gasteiger partial charge in [-0.2, -0.15) is 0 Å². The van der Waals surface area contributed by atoms with Crippen LogP contribution in [0.1, 0.15) is 32.8 Å². The van der Waals surface area contributed by atoms with E-state index in [0.29, 0.717) is 19.6 Å². The largest absolute Gasteiger partial charge is 0.508 e. The third kappa shape index (κ3) is 5.94. The molecule has 5 nitrogen and oxygen atoms in total. The van der Waals surface area contributed by atoms with Crippen molar-refractivity contribution in [3.05, 3.63) is 41.5 Å². The zero-order chi connectivity index (χ0) is 16.9. The standard InChI is InChI=1S/C18H26N2O3/c1-18(2,3)23-17(22)20-9-7-14(8-10-20)12-19-13-15-5-4-6-16(21)11-15/h4-7,11,19,21H,8-10,12-13H2,1-3H3. The quantitative estimate of drug-likeness (QED) is 0.838. The molecule has 0 aromatic heterocycles. The van der Waals surface area contributed by atoms with Gasteiger partial charge in [0.05, 0.1) is 0 Å². The minimum absolute atomic E-state index is 0.250. The maximum atomic E-state index is 12.0. The second-order valence-corrected chi connectivity index (χ2v) is 6.81. The van der Waals surface area contributed by atoms with E-state index in [-0.39, 0.29) is 11.8 Å². The molecular formula is C18H26N2O3. The Kier molecular flexibility index (Phi) is 5.66. The average molecular weight is 318 g/mol. The molecule has 23 heavy (non-hydrogen) atoms. The summed E-state index contributed by atoms with van der Waals surface area (Å²) in [5, 5.41) is 12.8. The van der Waals surface area contributed by atoms with Crippen LogP contribution in [0.4, 0.5) is 4.79 Å². The number of phenols is 1. The first-order chi connectivity index (χ1) is 10.8. The molecule has 5 heteroatoms. The lowest BCUT2D eigenvalue weighted by Crippen LogP contribution is -2.39. The molecule has 126 valence electrons. The van der Waals surface area contributed by atoms with Crippen molar-refractivity contribution < 1.29 is 14.6 Å². The highest BCUT2D eigenvalue weighted by molar-refractivity contribution is 5.68. The average Bonchev–Trinajstić information content (AvgIpc) is 2.46. The lowest BCUT2D eigenvalue weighted by atomic mass is 10.1. The van der Waals surface area contributed by atoms with Crippen LogP contribution >= 0.6 is 0 Å². The van der Waals surface area contributed by atoms with Crippen molar-refractivity contribution in [2.45, 2.75) is 39.3 Å². The molecule has 0 spiro atoms. The number of hydrogen-bond acceptors (Lipinski definition) is 4. The SMILES string of the molecule is CC(C)(C)OC(=O)N1CC=C(CNCc2cccc(O)c2)CC1. The van der Waals surface area contributed by atoms with Gasteiger partial charge in [-0.25, -0.2) is 4.79 Å². The molecule has 0 bridgehead atoms. The molecule has 0 saturated carbocycles. The first-order valence-electron chi connectivity index (χ1n) is 7.98. The molecule has 1 amide bonds. The van der Waals surface area contributed by atoms with Crippen LogP contribution in [0.2, 0.25) is 0 Å². The van der Waals surface area contributed by atoms with E-state index in [1.807, 2.05) is 32.9 Å². The van der Waals surface area contributed by atoms with E-state index in [9.17, 15) is 9.90 Å². The molecule has 1 aliphatic rings. The summed E-state index contributed by atoms with van der Waals surface area (Å²) in [6.07, 6.45) is 2.69. The van der Waals surface area contributed by atoms with Crippen LogP contribution in [0.5, 0.6) is 5.75 Å². The smallest absolute Gasteiger partial charge is 0.410 e. The zero-order valence-corrected chi connectivity index (χ0v) is 14.1. The van der Waals surface area contributed by atoms with Gasteiger partial charge in [0.25, 0.3) is 0 Å². The maximum Gasteiger partial charge on any atom is 0.410 e. The fourth-order valence-corrected chi connectivity index (χ4v) is 2.40. The summed E-state index contributed by atoms with van der Waals surface area (Å²) in [5.74, 6) is 0.286. The zero-order valence-electron chi connectivity index (χ0n) is 14.1. The van der Waals surface area contributed by atoms with Gasteiger partial charge >= 0.3 is 6.09 Å². The molecule has 0 fully saturated rings. The van der Waals surface area contributed by atoms with E-state index < -0.39 is 5.60 Å². The summed E-state index contributed by atoms with van der Waals surface area (Å²) in [4.78, 5) is 13.7. The molecule has 2 N–H and O–H groups in total. The monoisotopic (exact) mass is 318 g/mol. The highest BCUT2D eigenvalue weighted by Gasteiger charge is 2.23. The van der Waals surface area contributed by atoms with Crippen molar-refractivity contribution in [1.82, 2.24) is 10.2 Å². The second kappa shape index (κ2) is 7.51. The molecule has 1 aliphatic heterocycles. The highest BCUT2D eigenvalue weighted by Crippen LogP contribution is 2.15. The first-order valence-corrected chi connectivity index (χ1v) is 7.98. The topological polar surface area (TPSA) is 61.8 Å². The Hall–Kier alpha value is -2.01. The molecule has 2 rings (SSSR count). The minimum atomic E-state index is -0.454. The molecule has 1 heterocycles. The fraction of sp³-hybridized carbons (Fsp3) is 0.500. The Bertz CT molecular complexity index is 576. The molecule has 0 unspecified atom stereocenters. The molecule has 1 aromatic carbocycles. The van der Waals surface area contributed by atoms with Crippen molar-refractivity contribution in [3.63, 3.8) is 0 Å². The van der Waals surface area contributed by atoms with Gasteiger partial charge in [-0.3, -0.25) is 0 Å². The summed E-state index contributed by atoms with van der Waals surface area (Å²) < 4.78 is 5.38. The fourth-order valence-electron chi connectivity index (χ4n) is 2.40. The lowest BCUT2D eigenvalue weighted by Gasteiger charge is -2.29. The van der Waals surface area contributed by atoms with Crippen molar-refractivity contribution in [1.29, 1.82) is 0 Å². The van der Waals surface area contributed by atoms with Crippen LogP contribution in [-0.4, -0.2) is 41.3 Å². The number of nitrogens with one attached hydrogen (secondary N) is 1. The van der Waals surface area contributed by atoms with E-state index in [1.54, 1.807) is 17.0 Å². The van der Waals surface area contributed by atoms with E-state index >= 15 is 0 Å². The number of aromatic hydroxyl groups is 1. The molecule has 0 radical (unpaired) electrons. The van der Waals surface area contributed by atoms with Crippen molar-refractivity contribution >= 4 is 6.09 Å². The first kappa shape index (κ1) is 17.3. The van der Waals surface area contributed by atoms with Gasteiger partial charge in [0.2, 0.25) is 0 Å². The van der Waals surface area contributed by atoms with Crippen LogP contribution in [0.15, 0.2) is 35.9 Å². The highest BCUT2D eigenvalue weighted by atomic mass is 16.6. The Morgan fingerprint density at radius 1 is 1.35 bits per heavy atom. The van der Waals surface area contributed by atoms with Crippen LogP contribution < -0.4 is 5.32 Å². The Morgan fingerprint density at radius 3 is 2.74 bits per heavy atom. The predicted octanol–water partition coefficient (Wildman–Crippen LogP) is 3.05. The summed E-state index contributed by atoms with van der Waals surface area (Å²) in [6, 6.07) is 7.24. The molecule has 0 saturated heterocycles. The van der Waals surface area contributed by atoms with Crippen LogP contribution in [0, 0.1) is 0 Å². The van der Waals surface area contributed by atoms with Gasteiger partial charge in [0.1, 0.15) is 11.4 Å². The molecular weight excluding hydrogens is 292 g/mol. The van der Waals surface area contributed by atoms with Crippen LogP contribution in [0.3, 0.4) is 0 Å². The van der Waals surface area contributed by atoms with Gasteiger partial charge in [0.15, 0.2) is 0 Å². The minimum Gasteiger partial charge on any atom is -0.508 e. The Morgan fingerprint density at radius 2 is 2.13 bits per heavy atom. The van der Waals surface area contributed by atoms with E-state index in [4.69, 9.17) is 4.74 Å². The number of hydrogen-bond donors (Lipinski definition) is 2. The Balaban J connectivity index is 1.75. The van der Waals surface area contributed by atoms with Gasteiger partial charge in [-0.15, -0.1) is 0 Å². The number of ether oxygens (including phenoxy) is 1. The summed E-state index contributed by atoms with van der Waals surface area (Å²) >= 11 is 0. The summed E-state index contributed by atoms with van der Waals surface area (Å²) in [7, 11) is 0. The third-order valence-corrected chi connectivity index (χ3v) is 3.55. The summed E-state index contributed by atoms with van der Waals surface area (Å²) in [5.41, 5.74) is 1.89. The van der Waals surface area contributed by atoms with Gasteiger partial charge < -0.3 is 20.1 Å². The number of carbonyl (C=O) groups excluding carboxylic acids is 1. The van der Waals surface area contributed by atoms with Gasteiger partial charge in [0, 0.05) is 26.2 Å². The molecule has 0 aliphatic carbocycles. The van der Waals surface area contributed by atoms with Crippen molar-refractivity contribution in [3.8, 4) is 5.75 Å². The van der Waals surface area contributed by atoms with Gasteiger partial charge in [-0.05, 0) is 44.9 Å². The number of carbonyl (C=O) groups is 1. The number of phenolic OH excluding ortho intramolecular Hbond substituents is 1. The number of nitrogens with zero attached hydrogens (tertiary/aromatic N) is 1. The van der Waals surface area contributed by atoms with E-state index in [1.165, 1.54) is 5.57 Å². The number of benzene rings is 1. The molecule has 0 atom stereocenters. The second-order valence-electron chi connectivity index (χ2n) is 6.81. The van der Waals surface area contributed by atoms with Gasteiger partial charge in [-0.1, -0.05) is 23.8 Å². The third-order valence-electron chi connectivity index (χ3n) is 3.55. The summed E-state index contributed by atoms with van der Waals surface area (Å²) in [6.45, 7) is 8.41. The van der Waals surface area contributed by atoms with E-state index in [2.05, 4.69) is 11.4 Å². The Labute approximate surface area is 137 Å². The van der Waals surface area contributed by atoms with Crippen LogP contribution in [0.25, 0.3) is 0 Å². The van der Waals surface area contributed by atoms with Crippen molar-refractivity contribution in [2.75, 3.05) is 19.6 Å². The maximum absolute atomic E-state index is 12.0. The van der Waals surface area contributed by atoms with Crippen molar-refractivity contribution in [2.24, 2.45) is 0 Å². The number of rotatable bonds is 4. The predicted molar refractivity (Wildman–Crippen MR) is 90.3 cm³/mol. The molecule has 1 aromatic rings. The number of amides is 1. The van der Waals surface area contributed by atoms with Crippen LogP contribution in [-0.2, 0) is 11.3 Å². The normalized spacial score (nSPS) is 15.3. The van der Waals surface area contributed by atoms with E-state index in [0.717, 1.165) is 18.5 Å². The lowest BCUT2D eigenvalue weighted by molar-refractivity contribution is 0.0265.